The number of halogens is 1. The molecule has 0 N–H and O–H groups in total. The zero-order valence-electron chi connectivity index (χ0n) is 13.7. The van der Waals surface area contributed by atoms with Crippen molar-refractivity contribution in [1.82, 2.24) is 0 Å². The van der Waals surface area contributed by atoms with Gasteiger partial charge in [0.15, 0.2) is 6.61 Å². The van der Waals surface area contributed by atoms with Gasteiger partial charge in [-0.1, -0.05) is 41.9 Å². The van der Waals surface area contributed by atoms with E-state index in [1.165, 1.54) is 0 Å². The van der Waals surface area contributed by atoms with Gasteiger partial charge in [-0.3, -0.25) is 4.79 Å². The Balaban J connectivity index is 1.51. The molecule has 132 valence electrons. The molecule has 0 spiro atoms. The SMILES string of the molecule is O=C(OCC(=O)c1ccc(Cl)s1)c1ccc(OCc2ccccc2)cc1. The molecule has 0 saturated heterocycles. The lowest BCUT2D eigenvalue weighted by molar-refractivity contribution is 0.0476. The van der Waals surface area contributed by atoms with Gasteiger partial charge in [-0.25, -0.2) is 4.79 Å². The average Bonchev–Trinajstić information content (AvgIpc) is 3.12. The zero-order valence-corrected chi connectivity index (χ0v) is 15.3. The van der Waals surface area contributed by atoms with Crippen LogP contribution in [0.2, 0.25) is 4.34 Å². The van der Waals surface area contributed by atoms with Gasteiger partial charge in [0.2, 0.25) is 5.78 Å². The molecule has 2 aromatic carbocycles. The highest BCUT2D eigenvalue weighted by Crippen LogP contribution is 2.22. The van der Waals surface area contributed by atoms with Crippen molar-refractivity contribution in [1.29, 1.82) is 0 Å². The molecule has 1 heterocycles. The molecule has 0 atom stereocenters. The lowest BCUT2D eigenvalue weighted by Crippen LogP contribution is -2.13. The van der Waals surface area contributed by atoms with Gasteiger partial charge in [0.05, 0.1) is 14.8 Å². The van der Waals surface area contributed by atoms with E-state index in [9.17, 15) is 9.59 Å². The summed E-state index contributed by atoms with van der Waals surface area (Å²) in [6, 6.07) is 19.6. The molecular weight excluding hydrogens is 372 g/mol. The molecule has 3 rings (SSSR count). The van der Waals surface area contributed by atoms with E-state index in [2.05, 4.69) is 0 Å². The largest absolute Gasteiger partial charge is 0.489 e. The van der Waals surface area contributed by atoms with Crippen LogP contribution in [0.1, 0.15) is 25.6 Å². The summed E-state index contributed by atoms with van der Waals surface area (Å²) in [6.45, 7) is 0.129. The Hall–Kier alpha value is -2.63. The van der Waals surface area contributed by atoms with E-state index in [1.54, 1.807) is 36.4 Å². The second-order valence-corrected chi connectivity index (χ2v) is 7.12. The van der Waals surface area contributed by atoms with Gasteiger partial charge in [-0.05, 0) is 42.0 Å². The highest BCUT2D eigenvalue weighted by Gasteiger charge is 2.13. The molecule has 26 heavy (non-hydrogen) atoms. The van der Waals surface area contributed by atoms with Crippen LogP contribution in [-0.2, 0) is 11.3 Å². The number of benzene rings is 2. The summed E-state index contributed by atoms with van der Waals surface area (Å²) in [5.41, 5.74) is 1.41. The van der Waals surface area contributed by atoms with E-state index in [4.69, 9.17) is 21.1 Å². The lowest BCUT2D eigenvalue weighted by atomic mass is 10.2. The fraction of sp³-hybridized carbons (Fsp3) is 0.100. The minimum atomic E-state index is -0.560. The van der Waals surface area contributed by atoms with Crippen LogP contribution in [0.25, 0.3) is 0 Å². The zero-order chi connectivity index (χ0) is 18.4. The van der Waals surface area contributed by atoms with Crippen molar-refractivity contribution in [3.63, 3.8) is 0 Å². The number of carbonyl (C=O) groups is 2. The van der Waals surface area contributed by atoms with Gasteiger partial charge < -0.3 is 9.47 Å². The molecule has 0 bridgehead atoms. The fourth-order valence-electron chi connectivity index (χ4n) is 2.18. The Morgan fingerprint density at radius 3 is 2.31 bits per heavy atom. The third-order valence-electron chi connectivity index (χ3n) is 3.52. The molecule has 0 aliphatic carbocycles. The molecule has 4 nitrogen and oxygen atoms in total. The van der Waals surface area contributed by atoms with Crippen LogP contribution in [0.3, 0.4) is 0 Å². The molecule has 0 unspecified atom stereocenters. The minimum absolute atomic E-state index is 0.280. The molecule has 0 radical (unpaired) electrons. The normalized spacial score (nSPS) is 10.3. The molecular formula is C20H15ClO4S. The van der Waals surface area contributed by atoms with E-state index in [-0.39, 0.29) is 12.4 Å². The molecule has 1 aromatic heterocycles. The van der Waals surface area contributed by atoms with Gasteiger partial charge in [0.25, 0.3) is 0 Å². The Kier molecular flexibility index (Phi) is 6.04. The van der Waals surface area contributed by atoms with Crippen molar-refractivity contribution in [2.75, 3.05) is 6.61 Å². The summed E-state index contributed by atoms with van der Waals surface area (Å²) in [5.74, 6) is -0.191. The van der Waals surface area contributed by atoms with Crippen molar-refractivity contribution < 1.29 is 19.1 Å². The van der Waals surface area contributed by atoms with Crippen molar-refractivity contribution in [2.24, 2.45) is 0 Å². The molecule has 0 aliphatic heterocycles. The Bertz CT molecular complexity index is 888. The summed E-state index contributed by atoms with van der Waals surface area (Å²) in [5, 5.41) is 0. The van der Waals surface area contributed by atoms with E-state index < -0.39 is 5.97 Å². The van der Waals surface area contributed by atoms with Crippen molar-refractivity contribution >= 4 is 34.7 Å². The van der Waals surface area contributed by atoms with Crippen LogP contribution < -0.4 is 4.74 Å². The maximum atomic E-state index is 12.0. The molecule has 0 fully saturated rings. The van der Waals surface area contributed by atoms with Crippen molar-refractivity contribution in [3.8, 4) is 5.75 Å². The molecule has 0 amide bonds. The predicted octanol–water partition coefficient (Wildman–Crippen LogP) is 5.02. The number of esters is 1. The van der Waals surface area contributed by atoms with Gasteiger partial charge in [0.1, 0.15) is 12.4 Å². The van der Waals surface area contributed by atoms with Crippen molar-refractivity contribution in [3.05, 3.63) is 87.1 Å². The first-order valence-electron chi connectivity index (χ1n) is 7.84. The Labute approximate surface area is 159 Å². The van der Waals surface area contributed by atoms with Gasteiger partial charge in [0, 0.05) is 0 Å². The number of ketones is 1. The third-order valence-corrected chi connectivity index (χ3v) is 4.79. The number of rotatable bonds is 7. The van der Waals surface area contributed by atoms with E-state index in [0.717, 1.165) is 16.9 Å². The first-order chi connectivity index (χ1) is 12.6. The third kappa shape index (κ3) is 4.94. The summed E-state index contributed by atoms with van der Waals surface area (Å²) < 4.78 is 11.2. The highest BCUT2D eigenvalue weighted by molar-refractivity contribution is 7.18. The van der Waals surface area contributed by atoms with Crippen LogP contribution in [0.15, 0.2) is 66.7 Å². The first-order valence-corrected chi connectivity index (χ1v) is 9.04. The molecule has 0 aliphatic rings. The first kappa shape index (κ1) is 18.2. The number of ether oxygens (including phenoxy) is 2. The summed E-state index contributed by atoms with van der Waals surface area (Å²) in [4.78, 5) is 24.4. The van der Waals surface area contributed by atoms with Crippen LogP contribution in [0.4, 0.5) is 0 Å². The number of thiophene rings is 1. The van der Waals surface area contributed by atoms with Gasteiger partial charge in [-0.2, -0.15) is 0 Å². The maximum absolute atomic E-state index is 12.0. The quantitative estimate of drug-likeness (QED) is 0.422. The monoisotopic (exact) mass is 386 g/mol. The number of Topliss-reactive ketones (excluding diaryl/α,β-unsaturated/α-hetero) is 1. The summed E-state index contributed by atoms with van der Waals surface area (Å²) in [6.07, 6.45) is 0. The second kappa shape index (κ2) is 8.65. The Morgan fingerprint density at radius 2 is 1.65 bits per heavy atom. The second-order valence-electron chi connectivity index (χ2n) is 5.40. The van der Waals surface area contributed by atoms with Gasteiger partial charge >= 0.3 is 5.97 Å². The lowest BCUT2D eigenvalue weighted by Gasteiger charge is -2.07. The number of hydrogen-bond donors (Lipinski definition) is 0. The highest BCUT2D eigenvalue weighted by atomic mass is 35.5. The summed E-state index contributed by atoms with van der Waals surface area (Å²) >= 11 is 6.95. The van der Waals surface area contributed by atoms with Crippen LogP contribution in [0, 0.1) is 0 Å². The Morgan fingerprint density at radius 1 is 0.923 bits per heavy atom. The smallest absolute Gasteiger partial charge is 0.338 e. The van der Waals surface area contributed by atoms with Crippen LogP contribution in [0.5, 0.6) is 5.75 Å². The standard InChI is InChI=1S/C20H15ClO4S/c21-19-11-10-18(26-19)17(22)13-25-20(23)15-6-8-16(9-7-15)24-12-14-4-2-1-3-5-14/h1-11H,12-13H2. The topological polar surface area (TPSA) is 52.6 Å². The molecule has 0 saturated carbocycles. The van der Waals surface area contributed by atoms with Crippen LogP contribution in [-0.4, -0.2) is 18.4 Å². The summed E-state index contributed by atoms with van der Waals surface area (Å²) in [7, 11) is 0. The molecule has 3 aromatic rings. The van der Waals surface area contributed by atoms with Crippen molar-refractivity contribution in [2.45, 2.75) is 6.61 Å². The molecule has 6 heteroatoms. The van der Waals surface area contributed by atoms with Crippen LogP contribution >= 0.6 is 22.9 Å². The predicted molar refractivity (Wildman–Crippen MR) is 101 cm³/mol. The number of hydrogen-bond acceptors (Lipinski definition) is 5. The minimum Gasteiger partial charge on any atom is -0.489 e. The average molecular weight is 387 g/mol. The number of carbonyl (C=O) groups excluding carboxylic acids is 2. The van der Waals surface area contributed by atoms with E-state index in [0.29, 0.717) is 27.1 Å². The maximum Gasteiger partial charge on any atom is 0.338 e. The van der Waals surface area contributed by atoms with Gasteiger partial charge in [-0.15, -0.1) is 11.3 Å². The van der Waals surface area contributed by atoms with E-state index in [1.807, 2.05) is 30.3 Å². The fourth-order valence-corrected chi connectivity index (χ4v) is 3.15. The van der Waals surface area contributed by atoms with E-state index >= 15 is 0 Å².